The van der Waals surface area contributed by atoms with Crippen LogP contribution in [0.4, 0.5) is 22.0 Å². The van der Waals surface area contributed by atoms with Gasteiger partial charge in [0.05, 0.1) is 33.0 Å². The van der Waals surface area contributed by atoms with Crippen molar-refractivity contribution in [1.29, 1.82) is 0 Å². The Morgan fingerprint density at radius 2 is 1.56 bits per heavy atom. The molecule has 5 aliphatic rings. The number of benzene rings is 1. The maximum Gasteiger partial charge on any atom is 0.456 e. The zero-order chi connectivity index (χ0) is 38.1. The molecule has 288 valence electrons. The van der Waals surface area contributed by atoms with Crippen LogP contribution >= 0.6 is 0 Å². The molecule has 6 atom stereocenters. The molecule has 13 heteroatoms. The van der Waals surface area contributed by atoms with Gasteiger partial charge in [-0.2, -0.15) is 22.0 Å². The van der Waals surface area contributed by atoms with Gasteiger partial charge in [-0.3, -0.25) is 9.59 Å². The summed E-state index contributed by atoms with van der Waals surface area (Å²) >= 11 is 0. The van der Waals surface area contributed by atoms with Crippen molar-refractivity contribution in [3.05, 3.63) is 52.6 Å². The minimum Gasteiger partial charge on any atom is -0.468 e. The van der Waals surface area contributed by atoms with Crippen molar-refractivity contribution in [2.75, 3.05) is 27.4 Å². The molecule has 0 radical (unpaired) electrons. The molecule has 4 aliphatic carbocycles. The molecule has 1 spiro atoms. The molecule has 8 nitrogen and oxygen atoms in total. The fourth-order valence-corrected chi connectivity index (χ4v) is 10.1. The summed E-state index contributed by atoms with van der Waals surface area (Å²) in [7, 11) is 2.39. The van der Waals surface area contributed by atoms with Crippen LogP contribution in [0.2, 0.25) is 0 Å². The molecule has 2 N–H and O–H groups in total. The number of halogens is 5. The van der Waals surface area contributed by atoms with Crippen molar-refractivity contribution in [1.82, 2.24) is 0 Å². The van der Waals surface area contributed by atoms with Gasteiger partial charge in [-0.05, 0) is 73.5 Å². The lowest BCUT2D eigenvalue weighted by molar-refractivity contribution is -0.362. The first-order chi connectivity index (χ1) is 24.2. The molecule has 0 amide bonds. The minimum atomic E-state index is -5.89. The Hall–Kier alpha value is -2.87. The highest BCUT2D eigenvalue weighted by molar-refractivity contribution is 5.95. The van der Waals surface area contributed by atoms with Crippen molar-refractivity contribution >= 4 is 18.0 Å². The molecule has 52 heavy (non-hydrogen) atoms. The number of hydrogen-bond donors (Lipinski definition) is 2. The van der Waals surface area contributed by atoms with Crippen LogP contribution in [0.5, 0.6) is 0 Å². The zero-order valence-electron chi connectivity index (χ0n) is 30.3. The van der Waals surface area contributed by atoms with Gasteiger partial charge in [-0.15, -0.1) is 0 Å². The predicted octanol–water partition coefficient (Wildman–Crippen LogP) is 7.28. The molecule has 3 saturated carbocycles. The summed E-state index contributed by atoms with van der Waals surface area (Å²) in [5.74, 6) is -10.3. The number of fused-ring (bicyclic) bond motifs is 4. The van der Waals surface area contributed by atoms with Crippen LogP contribution in [0.3, 0.4) is 0 Å². The minimum absolute atomic E-state index is 0.0162. The Morgan fingerprint density at radius 3 is 2.13 bits per heavy atom. The van der Waals surface area contributed by atoms with Crippen molar-refractivity contribution in [2.45, 2.75) is 114 Å². The first-order valence-electron chi connectivity index (χ1n) is 18.0. The molecule has 1 aromatic carbocycles. The normalized spacial score (nSPS) is 34.2. The molecule has 1 saturated heterocycles. The van der Waals surface area contributed by atoms with E-state index in [9.17, 15) is 33.0 Å². The topological polar surface area (TPSA) is 112 Å². The Morgan fingerprint density at radius 1 is 0.942 bits per heavy atom. The van der Waals surface area contributed by atoms with E-state index < -0.39 is 70.6 Å². The summed E-state index contributed by atoms with van der Waals surface area (Å²) in [6, 6.07) is 7.56. The van der Waals surface area contributed by atoms with Gasteiger partial charge in [0.2, 0.25) is 0 Å². The van der Waals surface area contributed by atoms with Gasteiger partial charge in [0, 0.05) is 29.6 Å². The molecule has 1 heterocycles. The van der Waals surface area contributed by atoms with E-state index in [1.54, 1.807) is 12.2 Å². The molecular formula is C39H49F5O8. The largest absolute Gasteiger partial charge is 0.468 e. The van der Waals surface area contributed by atoms with E-state index in [2.05, 4.69) is 0 Å². The van der Waals surface area contributed by atoms with Gasteiger partial charge in [-0.25, -0.2) is 0 Å². The molecule has 1 aromatic rings. The Balaban J connectivity index is 1.35. The second-order valence-electron chi connectivity index (χ2n) is 16.6. The first kappa shape index (κ1) is 38.8. The zero-order valence-corrected chi connectivity index (χ0v) is 30.3. The predicted molar refractivity (Wildman–Crippen MR) is 179 cm³/mol. The lowest BCUT2D eigenvalue weighted by Crippen LogP contribution is -2.65. The Labute approximate surface area is 300 Å². The van der Waals surface area contributed by atoms with Crippen molar-refractivity contribution < 1.29 is 60.7 Å². The molecular weight excluding hydrogens is 691 g/mol. The molecule has 0 aromatic heterocycles. The van der Waals surface area contributed by atoms with E-state index in [1.807, 2.05) is 38.1 Å². The highest BCUT2D eigenvalue weighted by atomic mass is 19.4. The molecule has 0 bridgehead atoms. The van der Waals surface area contributed by atoms with Crippen molar-refractivity contribution in [3.63, 3.8) is 0 Å². The number of esters is 2. The summed E-state index contributed by atoms with van der Waals surface area (Å²) < 4.78 is 93.7. The van der Waals surface area contributed by atoms with Crippen LogP contribution in [0.1, 0.15) is 95.6 Å². The summed E-state index contributed by atoms with van der Waals surface area (Å²) in [5, 5.41) is 23.9. The van der Waals surface area contributed by atoms with Gasteiger partial charge >= 0.3 is 24.0 Å². The lowest BCUT2D eigenvalue weighted by Gasteiger charge is -2.59. The summed E-state index contributed by atoms with van der Waals surface area (Å²) in [4.78, 5) is 24.2. The number of carbonyl (C=O) groups is 2. The van der Waals surface area contributed by atoms with Crippen LogP contribution in [-0.4, -0.2) is 78.7 Å². The van der Waals surface area contributed by atoms with Crippen LogP contribution in [0, 0.1) is 28.6 Å². The first-order valence-corrected chi connectivity index (χ1v) is 18.0. The number of carbonyl (C=O) groups excluding carboxylic acids is 2. The van der Waals surface area contributed by atoms with E-state index >= 15 is 8.78 Å². The molecule has 4 fully saturated rings. The average Bonchev–Trinajstić information content (AvgIpc) is 3.38. The third-order valence-corrected chi connectivity index (χ3v) is 12.9. The maximum absolute atomic E-state index is 15.1. The SMILES string of the molecule is COC(=O)C(C/C=C/c1ccc(C2CC3(C[C@]4(O)CC[C@@H]5C(=C24)CC[C@@]2(C)[C@H]5CC[C@@]2(O)C(F)(F)C(F)(F)F)OCC(C)(C)CO3)cc1)C(=O)OC. The van der Waals surface area contributed by atoms with Crippen LogP contribution < -0.4 is 0 Å². The second kappa shape index (κ2) is 13.2. The number of aliphatic hydroxyl groups is 2. The van der Waals surface area contributed by atoms with Crippen LogP contribution in [0.15, 0.2) is 41.5 Å². The fraction of sp³-hybridized carbons (Fsp3) is 0.692. The van der Waals surface area contributed by atoms with Gasteiger partial charge < -0.3 is 29.2 Å². The number of rotatable bonds is 7. The van der Waals surface area contributed by atoms with Gasteiger partial charge in [0.15, 0.2) is 11.7 Å². The summed E-state index contributed by atoms with van der Waals surface area (Å²) in [6.07, 6.45) is -1.80. The number of methoxy groups -OCH3 is 2. The second-order valence-corrected chi connectivity index (χ2v) is 16.6. The highest BCUT2D eigenvalue weighted by Gasteiger charge is 2.78. The molecule has 1 unspecified atom stereocenters. The highest BCUT2D eigenvalue weighted by Crippen LogP contribution is 2.70. The third kappa shape index (κ3) is 6.21. The van der Waals surface area contributed by atoms with E-state index in [4.69, 9.17) is 18.9 Å². The molecule has 6 rings (SSSR count). The standard InChI is InChI=1S/C39H49F5O8/c1-33(2)21-51-36(52-22-33)19-28(24-11-9-23(10-12-24)7-6-8-27(31(45)49-4)32(46)50-5)30-26-13-16-34(3)29(25(26)14-17-35(30,47)20-36)15-18-37(34,48)38(40,41)39(42,43)44/h6-7,9-12,25,27-29,47-48H,8,13-22H2,1-5H3/b7-6+/t25-,28?,29+,34+,35-,37+/m1/s1. The lowest BCUT2D eigenvalue weighted by atomic mass is 9.51. The number of alkyl halides is 5. The van der Waals surface area contributed by atoms with E-state index in [0.717, 1.165) is 22.3 Å². The average molecular weight is 741 g/mol. The summed E-state index contributed by atoms with van der Waals surface area (Å²) in [5.41, 5.74) is -3.27. The van der Waals surface area contributed by atoms with E-state index in [1.165, 1.54) is 21.1 Å². The van der Waals surface area contributed by atoms with Crippen molar-refractivity contribution in [2.24, 2.45) is 28.6 Å². The number of hydrogen-bond acceptors (Lipinski definition) is 8. The monoisotopic (exact) mass is 740 g/mol. The van der Waals surface area contributed by atoms with Gasteiger partial charge in [0.1, 0.15) is 5.60 Å². The van der Waals surface area contributed by atoms with Gasteiger partial charge in [-0.1, -0.05) is 62.8 Å². The van der Waals surface area contributed by atoms with Crippen LogP contribution in [-0.2, 0) is 28.5 Å². The quantitative estimate of drug-likeness (QED) is 0.130. The van der Waals surface area contributed by atoms with E-state index in [0.29, 0.717) is 26.1 Å². The summed E-state index contributed by atoms with van der Waals surface area (Å²) in [6.45, 7) is 6.28. The maximum atomic E-state index is 15.1. The fourth-order valence-electron chi connectivity index (χ4n) is 10.1. The van der Waals surface area contributed by atoms with Crippen LogP contribution in [0.25, 0.3) is 6.08 Å². The Bertz CT molecular complexity index is 1590. The smallest absolute Gasteiger partial charge is 0.456 e. The molecule has 1 aliphatic heterocycles. The van der Waals surface area contributed by atoms with Gasteiger partial charge in [0.25, 0.3) is 0 Å². The number of allylic oxidation sites excluding steroid dienone is 2. The third-order valence-electron chi connectivity index (χ3n) is 12.9. The Kier molecular flexibility index (Phi) is 9.83. The van der Waals surface area contributed by atoms with Crippen molar-refractivity contribution in [3.8, 4) is 0 Å². The van der Waals surface area contributed by atoms with E-state index in [-0.39, 0.29) is 49.9 Å². The number of ether oxygens (including phenoxy) is 4.